The monoisotopic (exact) mass is 404 g/mol. The summed E-state index contributed by atoms with van der Waals surface area (Å²) in [6.07, 6.45) is 1.07. The van der Waals surface area contributed by atoms with Gasteiger partial charge in [-0.3, -0.25) is 9.59 Å². The zero-order chi connectivity index (χ0) is 21.4. The van der Waals surface area contributed by atoms with Gasteiger partial charge in [0.25, 0.3) is 0 Å². The van der Waals surface area contributed by atoms with E-state index in [1.54, 1.807) is 33.4 Å². The Balaban J connectivity index is 1.98. The normalized spacial score (nSPS) is 10.8. The molecule has 29 heavy (non-hydrogen) atoms. The Morgan fingerprint density at radius 1 is 1.24 bits per heavy atom. The van der Waals surface area contributed by atoms with Crippen molar-refractivity contribution in [1.82, 2.24) is 10.2 Å². The predicted molar refractivity (Wildman–Crippen MR) is 109 cm³/mol. The van der Waals surface area contributed by atoms with Gasteiger partial charge in [-0.1, -0.05) is 0 Å². The smallest absolute Gasteiger partial charge is 0.339 e. The van der Waals surface area contributed by atoms with Crippen LogP contribution in [0.1, 0.15) is 24.0 Å². The Labute approximate surface area is 169 Å². The highest BCUT2D eigenvalue weighted by atomic mass is 16.5. The Kier molecular flexibility index (Phi) is 8.21. The number of methoxy groups -OCH3 is 2. The maximum atomic E-state index is 12.4. The van der Waals surface area contributed by atoms with Crippen LogP contribution in [0.15, 0.2) is 27.4 Å². The maximum Gasteiger partial charge on any atom is 0.339 e. The Morgan fingerprint density at radius 3 is 2.69 bits per heavy atom. The lowest BCUT2D eigenvalue weighted by Crippen LogP contribution is -2.39. The van der Waals surface area contributed by atoms with Crippen molar-refractivity contribution in [1.29, 1.82) is 0 Å². The van der Waals surface area contributed by atoms with Crippen LogP contribution in [-0.2, 0) is 20.7 Å². The van der Waals surface area contributed by atoms with Gasteiger partial charge in [0.15, 0.2) is 0 Å². The molecule has 0 radical (unpaired) electrons. The zero-order valence-corrected chi connectivity index (χ0v) is 17.4. The lowest BCUT2D eigenvalue weighted by atomic mass is 10.0. The maximum absolute atomic E-state index is 12.4. The van der Waals surface area contributed by atoms with E-state index in [1.807, 2.05) is 13.0 Å². The molecule has 1 heterocycles. The molecule has 2 rings (SSSR count). The topological polar surface area (TPSA) is 98.1 Å². The molecule has 0 aliphatic rings. The first-order chi connectivity index (χ1) is 13.9. The van der Waals surface area contributed by atoms with E-state index in [4.69, 9.17) is 13.9 Å². The van der Waals surface area contributed by atoms with Crippen molar-refractivity contribution in [2.24, 2.45) is 0 Å². The molecule has 2 aromatic rings. The molecule has 1 N–H and O–H groups in total. The van der Waals surface area contributed by atoms with Gasteiger partial charge in [0.05, 0.1) is 13.7 Å². The van der Waals surface area contributed by atoms with E-state index in [2.05, 4.69) is 5.32 Å². The number of hydrogen-bond acceptors (Lipinski definition) is 6. The molecule has 8 heteroatoms. The minimum Gasteiger partial charge on any atom is -0.497 e. The quantitative estimate of drug-likeness (QED) is 0.478. The number of carbonyl (C=O) groups excluding carboxylic acids is 2. The highest BCUT2D eigenvalue weighted by molar-refractivity contribution is 5.85. The third-order valence-corrected chi connectivity index (χ3v) is 4.74. The number of benzene rings is 1. The summed E-state index contributed by atoms with van der Waals surface area (Å²) in [7, 11) is 4.71. The molecule has 0 aliphatic heterocycles. The van der Waals surface area contributed by atoms with Crippen LogP contribution in [0.3, 0.4) is 0 Å². The number of ether oxygens (including phenoxy) is 2. The number of rotatable bonds is 10. The SMILES string of the molecule is COCCCNC(=O)CN(C)C(=O)CCc1c(C)c2ccc(OC)cc2oc1=O. The first-order valence-corrected chi connectivity index (χ1v) is 9.47. The van der Waals surface area contributed by atoms with Gasteiger partial charge < -0.3 is 24.1 Å². The standard InChI is InChI=1S/C21H28N2O6/c1-14-16-7-6-15(28-4)12-18(16)29-21(26)17(14)8-9-20(25)23(2)13-19(24)22-10-5-11-27-3/h6-7,12H,5,8-11,13H2,1-4H3,(H,22,24). The van der Waals surface area contributed by atoms with Crippen LogP contribution >= 0.6 is 0 Å². The van der Waals surface area contributed by atoms with E-state index >= 15 is 0 Å². The highest BCUT2D eigenvalue weighted by Gasteiger charge is 2.17. The van der Waals surface area contributed by atoms with Gasteiger partial charge in [-0.05, 0) is 37.5 Å². The molecule has 0 saturated heterocycles. The third-order valence-electron chi connectivity index (χ3n) is 4.74. The van der Waals surface area contributed by atoms with Gasteiger partial charge >= 0.3 is 5.63 Å². The summed E-state index contributed by atoms with van der Waals surface area (Å²) in [6.45, 7) is 2.87. The van der Waals surface area contributed by atoms with E-state index in [-0.39, 0.29) is 31.2 Å². The molecule has 0 unspecified atom stereocenters. The summed E-state index contributed by atoms with van der Waals surface area (Å²) in [5.41, 5.74) is 1.23. The molecular formula is C21H28N2O6. The van der Waals surface area contributed by atoms with Crippen LogP contribution < -0.4 is 15.7 Å². The van der Waals surface area contributed by atoms with Crippen molar-refractivity contribution in [3.63, 3.8) is 0 Å². The molecular weight excluding hydrogens is 376 g/mol. The lowest BCUT2D eigenvalue weighted by molar-refractivity contribution is -0.134. The van der Waals surface area contributed by atoms with Crippen LogP contribution in [0.25, 0.3) is 11.0 Å². The summed E-state index contributed by atoms with van der Waals surface area (Å²) in [5.74, 6) is 0.156. The fraction of sp³-hybridized carbons (Fsp3) is 0.476. The van der Waals surface area contributed by atoms with Crippen LogP contribution in [0, 0.1) is 6.92 Å². The second-order valence-electron chi connectivity index (χ2n) is 6.80. The molecule has 1 aromatic carbocycles. The number of amides is 2. The summed E-state index contributed by atoms with van der Waals surface area (Å²) >= 11 is 0. The van der Waals surface area contributed by atoms with Crippen LogP contribution in [0.2, 0.25) is 0 Å². The van der Waals surface area contributed by atoms with Gasteiger partial charge in [0.2, 0.25) is 11.8 Å². The van der Waals surface area contributed by atoms with Crippen molar-refractivity contribution in [2.45, 2.75) is 26.2 Å². The van der Waals surface area contributed by atoms with Crippen LogP contribution in [0.4, 0.5) is 0 Å². The summed E-state index contributed by atoms with van der Waals surface area (Å²) < 4.78 is 15.5. The first-order valence-electron chi connectivity index (χ1n) is 9.47. The average Bonchev–Trinajstić information content (AvgIpc) is 2.70. The number of fused-ring (bicyclic) bond motifs is 1. The van der Waals surface area contributed by atoms with Gasteiger partial charge in [0, 0.05) is 50.7 Å². The minimum atomic E-state index is -0.463. The minimum absolute atomic E-state index is 0.0308. The van der Waals surface area contributed by atoms with E-state index in [0.29, 0.717) is 36.5 Å². The number of nitrogens with zero attached hydrogens (tertiary/aromatic N) is 1. The molecule has 0 saturated carbocycles. The predicted octanol–water partition coefficient (Wildman–Crippen LogP) is 1.65. The summed E-state index contributed by atoms with van der Waals surface area (Å²) in [5, 5.41) is 3.54. The Hall–Kier alpha value is -2.87. The second kappa shape index (κ2) is 10.6. The molecule has 158 valence electrons. The van der Waals surface area contributed by atoms with Crippen LogP contribution in [-0.4, -0.2) is 57.7 Å². The van der Waals surface area contributed by atoms with Gasteiger partial charge in [-0.15, -0.1) is 0 Å². The highest BCUT2D eigenvalue weighted by Crippen LogP contribution is 2.24. The molecule has 0 atom stereocenters. The molecule has 0 bridgehead atoms. The molecule has 8 nitrogen and oxygen atoms in total. The van der Waals surface area contributed by atoms with Crippen molar-refractivity contribution in [2.75, 3.05) is 41.0 Å². The van der Waals surface area contributed by atoms with Gasteiger partial charge in [-0.25, -0.2) is 4.79 Å². The first kappa shape index (κ1) is 22.4. The molecule has 2 amide bonds. The van der Waals surface area contributed by atoms with Gasteiger partial charge in [0.1, 0.15) is 11.3 Å². The Morgan fingerprint density at radius 2 is 2.00 bits per heavy atom. The van der Waals surface area contributed by atoms with Crippen molar-refractivity contribution < 1.29 is 23.5 Å². The van der Waals surface area contributed by atoms with E-state index in [1.165, 1.54) is 4.90 Å². The van der Waals surface area contributed by atoms with E-state index < -0.39 is 5.63 Å². The number of carbonyl (C=O) groups is 2. The van der Waals surface area contributed by atoms with Crippen molar-refractivity contribution in [3.05, 3.63) is 39.7 Å². The number of aryl methyl sites for hydroxylation is 1. The summed E-state index contributed by atoms with van der Waals surface area (Å²) in [6, 6.07) is 5.29. The summed E-state index contributed by atoms with van der Waals surface area (Å²) in [4.78, 5) is 38.0. The number of likely N-dealkylation sites (N-methyl/N-ethyl adjacent to an activating group) is 1. The Bertz CT molecular complexity index is 921. The lowest BCUT2D eigenvalue weighted by Gasteiger charge is -2.17. The van der Waals surface area contributed by atoms with Crippen molar-refractivity contribution >= 4 is 22.8 Å². The molecule has 0 fully saturated rings. The van der Waals surface area contributed by atoms with E-state index in [0.717, 1.165) is 10.9 Å². The van der Waals surface area contributed by atoms with Crippen molar-refractivity contribution in [3.8, 4) is 5.75 Å². The molecule has 0 aliphatic carbocycles. The third kappa shape index (κ3) is 6.05. The second-order valence-corrected chi connectivity index (χ2v) is 6.80. The number of nitrogens with one attached hydrogen (secondary N) is 1. The van der Waals surface area contributed by atoms with Gasteiger partial charge in [-0.2, -0.15) is 0 Å². The molecule has 0 spiro atoms. The largest absolute Gasteiger partial charge is 0.497 e. The van der Waals surface area contributed by atoms with E-state index in [9.17, 15) is 14.4 Å². The average molecular weight is 404 g/mol. The fourth-order valence-corrected chi connectivity index (χ4v) is 3.02. The zero-order valence-electron chi connectivity index (χ0n) is 17.4. The van der Waals surface area contributed by atoms with Crippen LogP contribution in [0.5, 0.6) is 5.75 Å². The number of hydrogen-bond donors (Lipinski definition) is 1. The fourth-order valence-electron chi connectivity index (χ4n) is 3.02. The molecule has 1 aromatic heterocycles.